The predicted octanol–water partition coefficient (Wildman–Crippen LogP) is 3.34. The minimum Gasteiger partial charge on any atom is -0.494 e. The lowest BCUT2D eigenvalue weighted by Gasteiger charge is -2.38. The molecule has 2 atom stereocenters. The molecule has 0 spiro atoms. The largest absolute Gasteiger partial charge is 0.494 e. The molecule has 1 aliphatic rings. The Kier molecular flexibility index (Phi) is 5.59. The molecule has 1 aromatic rings. The Morgan fingerprint density at radius 2 is 2.14 bits per heavy atom. The third-order valence-electron chi connectivity index (χ3n) is 4.53. The van der Waals surface area contributed by atoms with E-state index in [-0.39, 0.29) is 11.9 Å². The first kappa shape index (κ1) is 16.2. The number of methoxy groups -OCH3 is 1. The average Bonchev–Trinajstić information content (AvgIpc) is 2.69. The molecule has 0 radical (unpaired) electrons. The molecule has 118 valence electrons. The van der Waals surface area contributed by atoms with Gasteiger partial charge in [0.05, 0.1) is 7.11 Å². The number of ether oxygens (including phenoxy) is 1. The van der Waals surface area contributed by atoms with Gasteiger partial charge in [0, 0.05) is 12.1 Å². The van der Waals surface area contributed by atoms with E-state index in [0.717, 1.165) is 18.5 Å². The zero-order valence-electron chi connectivity index (χ0n) is 13.3. The summed E-state index contributed by atoms with van der Waals surface area (Å²) in [6.07, 6.45) is 3.49. The molecule has 3 nitrogen and oxygen atoms in total. The van der Waals surface area contributed by atoms with Crippen molar-refractivity contribution in [3.63, 3.8) is 0 Å². The van der Waals surface area contributed by atoms with Crippen LogP contribution in [0.1, 0.15) is 44.7 Å². The highest BCUT2D eigenvalue weighted by molar-refractivity contribution is 5.31. The average molecular weight is 294 g/mol. The van der Waals surface area contributed by atoms with Crippen molar-refractivity contribution in [2.24, 2.45) is 11.7 Å². The quantitative estimate of drug-likeness (QED) is 0.925. The lowest BCUT2D eigenvalue weighted by molar-refractivity contribution is 0.121. The molecule has 0 bridgehead atoms. The predicted molar refractivity (Wildman–Crippen MR) is 83.9 cm³/mol. The number of halogens is 1. The summed E-state index contributed by atoms with van der Waals surface area (Å²) in [6.45, 7) is 6.09. The van der Waals surface area contributed by atoms with Crippen LogP contribution in [0.3, 0.4) is 0 Å². The van der Waals surface area contributed by atoms with E-state index in [2.05, 4.69) is 18.7 Å². The van der Waals surface area contributed by atoms with Gasteiger partial charge in [0.1, 0.15) is 0 Å². The van der Waals surface area contributed by atoms with Crippen LogP contribution in [0.4, 0.5) is 4.39 Å². The first-order chi connectivity index (χ1) is 10.1. The smallest absolute Gasteiger partial charge is 0.165 e. The molecule has 0 aromatic heterocycles. The molecule has 1 aliphatic heterocycles. The van der Waals surface area contributed by atoms with Crippen LogP contribution >= 0.6 is 0 Å². The van der Waals surface area contributed by atoms with Gasteiger partial charge in [-0.15, -0.1) is 0 Å². The SMILES string of the molecule is COc1ccc(C2C(CN)CCCCN2C(C)C)cc1F. The Bertz CT molecular complexity index is 464. The Morgan fingerprint density at radius 1 is 1.38 bits per heavy atom. The first-order valence-electron chi connectivity index (χ1n) is 7.87. The molecule has 2 rings (SSSR count). The number of likely N-dealkylation sites (tertiary alicyclic amines) is 1. The fourth-order valence-electron chi connectivity index (χ4n) is 3.43. The third-order valence-corrected chi connectivity index (χ3v) is 4.53. The normalized spacial score (nSPS) is 24.1. The van der Waals surface area contributed by atoms with Crippen molar-refractivity contribution in [2.75, 3.05) is 20.2 Å². The van der Waals surface area contributed by atoms with Crippen molar-refractivity contribution in [1.82, 2.24) is 4.90 Å². The summed E-state index contributed by atoms with van der Waals surface area (Å²) in [5, 5.41) is 0. The van der Waals surface area contributed by atoms with Crippen LogP contribution in [0.2, 0.25) is 0 Å². The van der Waals surface area contributed by atoms with Crippen LogP contribution < -0.4 is 10.5 Å². The van der Waals surface area contributed by atoms with Gasteiger partial charge < -0.3 is 10.5 Å². The summed E-state index contributed by atoms with van der Waals surface area (Å²) in [7, 11) is 1.49. The zero-order chi connectivity index (χ0) is 15.4. The first-order valence-corrected chi connectivity index (χ1v) is 7.87. The summed E-state index contributed by atoms with van der Waals surface area (Å²) in [5.41, 5.74) is 7.03. The van der Waals surface area contributed by atoms with Crippen molar-refractivity contribution in [2.45, 2.75) is 45.2 Å². The van der Waals surface area contributed by atoms with Gasteiger partial charge in [-0.1, -0.05) is 12.5 Å². The van der Waals surface area contributed by atoms with E-state index in [0.29, 0.717) is 24.3 Å². The maximum Gasteiger partial charge on any atom is 0.165 e. The maximum absolute atomic E-state index is 14.1. The van der Waals surface area contributed by atoms with Crippen molar-refractivity contribution in [3.05, 3.63) is 29.6 Å². The highest BCUT2D eigenvalue weighted by Crippen LogP contribution is 2.37. The summed E-state index contributed by atoms with van der Waals surface area (Å²) in [6, 6.07) is 5.94. The molecule has 2 N–H and O–H groups in total. The van der Waals surface area contributed by atoms with Crippen LogP contribution in [0, 0.1) is 11.7 Å². The Hall–Kier alpha value is -1.13. The van der Waals surface area contributed by atoms with Gasteiger partial charge in [0.15, 0.2) is 11.6 Å². The summed E-state index contributed by atoms with van der Waals surface area (Å²) < 4.78 is 19.1. The molecule has 21 heavy (non-hydrogen) atoms. The van der Waals surface area contributed by atoms with E-state index in [9.17, 15) is 4.39 Å². The number of nitrogens with two attached hydrogens (primary N) is 1. The monoisotopic (exact) mass is 294 g/mol. The molecule has 4 heteroatoms. The molecule has 2 unspecified atom stereocenters. The molecular weight excluding hydrogens is 267 g/mol. The van der Waals surface area contributed by atoms with Crippen molar-refractivity contribution < 1.29 is 9.13 Å². The zero-order valence-corrected chi connectivity index (χ0v) is 13.3. The van der Waals surface area contributed by atoms with Crippen LogP contribution in [0.25, 0.3) is 0 Å². The highest BCUT2D eigenvalue weighted by atomic mass is 19.1. The highest BCUT2D eigenvalue weighted by Gasteiger charge is 2.32. The summed E-state index contributed by atoms with van der Waals surface area (Å²) in [4.78, 5) is 2.46. The van der Waals surface area contributed by atoms with Crippen LogP contribution in [0.5, 0.6) is 5.75 Å². The van der Waals surface area contributed by atoms with Gasteiger partial charge in [-0.3, -0.25) is 4.90 Å². The van der Waals surface area contributed by atoms with E-state index in [1.165, 1.54) is 20.0 Å². The lowest BCUT2D eigenvalue weighted by Crippen LogP contribution is -2.39. The van der Waals surface area contributed by atoms with E-state index < -0.39 is 0 Å². The van der Waals surface area contributed by atoms with Crippen molar-refractivity contribution >= 4 is 0 Å². The fourth-order valence-corrected chi connectivity index (χ4v) is 3.43. The Morgan fingerprint density at radius 3 is 2.71 bits per heavy atom. The standard InChI is InChI=1S/C17H27FN2O/c1-12(2)20-9-5-4-6-14(11-19)17(20)13-7-8-16(21-3)15(18)10-13/h7-8,10,12,14,17H,4-6,9,11,19H2,1-3H3. The molecule has 1 heterocycles. The number of hydrogen-bond acceptors (Lipinski definition) is 3. The van der Waals surface area contributed by atoms with E-state index >= 15 is 0 Å². The molecule has 1 fully saturated rings. The topological polar surface area (TPSA) is 38.5 Å². The van der Waals surface area contributed by atoms with Gasteiger partial charge in [-0.25, -0.2) is 4.39 Å². The number of nitrogens with zero attached hydrogens (tertiary/aromatic N) is 1. The van der Waals surface area contributed by atoms with Gasteiger partial charge in [-0.2, -0.15) is 0 Å². The number of rotatable bonds is 4. The molecule has 0 aliphatic carbocycles. The van der Waals surface area contributed by atoms with Crippen molar-refractivity contribution in [1.29, 1.82) is 0 Å². The summed E-state index contributed by atoms with van der Waals surface area (Å²) >= 11 is 0. The van der Waals surface area contributed by atoms with E-state index in [4.69, 9.17) is 10.5 Å². The third kappa shape index (κ3) is 3.55. The molecular formula is C17H27FN2O. The van der Waals surface area contributed by atoms with Crippen LogP contribution in [-0.4, -0.2) is 31.1 Å². The molecule has 0 amide bonds. The van der Waals surface area contributed by atoms with Crippen LogP contribution in [-0.2, 0) is 0 Å². The summed E-state index contributed by atoms with van der Waals surface area (Å²) in [5.74, 6) is 0.384. The fraction of sp³-hybridized carbons (Fsp3) is 0.647. The number of hydrogen-bond donors (Lipinski definition) is 1. The van der Waals surface area contributed by atoms with Gasteiger partial charge in [-0.05, 0) is 63.4 Å². The molecule has 1 saturated heterocycles. The minimum absolute atomic E-state index is 0.193. The van der Waals surface area contributed by atoms with E-state index in [1.807, 2.05) is 6.07 Å². The lowest BCUT2D eigenvalue weighted by atomic mass is 9.88. The van der Waals surface area contributed by atoms with Gasteiger partial charge in [0.2, 0.25) is 0 Å². The van der Waals surface area contributed by atoms with Gasteiger partial charge >= 0.3 is 0 Å². The number of benzene rings is 1. The second-order valence-corrected chi connectivity index (χ2v) is 6.16. The maximum atomic E-state index is 14.1. The van der Waals surface area contributed by atoms with Crippen molar-refractivity contribution in [3.8, 4) is 5.75 Å². The van der Waals surface area contributed by atoms with Crippen LogP contribution in [0.15, 0.2) is 18.2 Å². The second kappa shape index (κ2) is 7.23. The molecule has 1 aromatic carbocycles. The Labute approximate surface area is 127 Å². The van der Waals surface area contributed by atoms with E-state index in [1.54, 1.807) is 12.1 Å². The second-order valence-electron chi connectivity index (χ2n) is 6.16. The van der Waals surface area contributed by atoms with Gasteiger partial charge in [0.25, 0.3) is 0 Å². The molecule has 0 saturated carbocycles. The Balaban J connectivity index is 2.39. The minimum atomic E-state index is -0.293.